The summed E-state index contributed by atoms with van der Waals surface area (Å²) in [6.07, 6.45) is -13.0. The van der Waals surface area contributed by atoms with E-state index in [-0.39, 0.29) is 72.7 Å². The van der Waals surface area contributed by atoms with Crippen molar-refractivity contribution < 1.29 is 96.4 Å². The van der Waals surface area contributed by atoms with Gasteiger partial charge >= 0.3 is 42.0 Å². The van der Waals surface area contributed by atoms with Crippen LogP contribution in [0.4, 0.5) is 4.79 Å². The Balaban J connectivity index is 1.17. The molecule has 1 saturated heterocycles. The van der Waals surface area contributed by atoms with Gasteiger partial charge in [0.15, 0.2) is 17.5 Å². The van der Waals surface area contributed by atoms with Crippen LogP contribution in [0, 0.1) is 16.2 Å². The SMILES string of the molecule is CC(=O)O[C@H]1C(=O)[C@]2(C)[C@@H](O)C[C@H]3OC[C@@]3(OC(C)=O)C23[C@H](OC(=O)c2ccccc2)[C@]2(O)C[C@H](OC(=O)[C@H](OC(=O)OCCSSCCOC(=O)CCC(=O)O)[C@@H](NC(=O)c4ccccc4)c4ccccc4)C(C)=C1[C@]32C. The van der Waals surface area contributed by atoms with E-state index >= 15 is 9.59 Å². The normalized spacial score (nSPS) is 29.9. The second-order valence-electron chi connectivity index (χ2n) is 19.9. The van der Waals surface area contributed by atoms with Crippen LogP contribution in [0.1, 0.15) is 92.6 Å². The number of aliphatic hydroxyl groups excluding tert-OH is 1. The number of carboxylic acids is 1. The zero-order chi connectivity index (χ0) is 56.4. The first kappa shape index (κ1) is 57.4. The van der Waals surface area contributed by atoms with Gasteiger partial charge in [-0.15, -0.1) is 0 Å². The van der Waals surface area contributed by atoms with Crippen LogP contribution in [0.25, 0.3) is 0 Å². The number of carboxylic acid groups (broad SMARTS) is 1. The smallest absolute Gasteiger partial charge is 0.481 e. The molecule has 78 heavy (non-hydrogen) atoms. The van der Waals surface area contributed by atoms with Crippen LogP contribution in [-0.2, 0) is 66.7 Å². The number of hydrogen-bond acceptors (Lipinski definition) is 21. The average Bonchev–Trinajstić information content (AvgIpc) is 3.31. The second kappa shape index (κ2) is 22.9. The van der Waals surface area contributed by atoms with Gasteiger partial charge in [-0.2, -0.15) is 0 Å². The lowest BCUT2D eigenvalue weighted by molar-refractivity contribution is -0.472. The predicted octanol–water partition coefficient (Wildman–Crippen LogP) is 5.05. The van der Waals surface area contributed by atoms with E-state index in [0.717, 1.165) is 13.8 Å². The fourth-order valence-corrected chi connectivity index (χ4v) is 14.3. The number of ketones is 1. The highest BCUT2D eigenvalue weighted by molar-refractivity contribution is 8.76. The standard InChI is InChI=1S/C55H59NO20S2/c1-30-36(73-48(66)44(42(33-15-9-6-10-16-33)56-46(64)34-17-11-7-12-18-34)74-50(67)70-24-26-78-77-25-23-69-40(62)22-21-39(60)61)28-53(68)49(75-47(65)35-19-13-8-14-20-35)55-51(4,37(59)27-38-54(55,29-71-38)76-32(3)58)45(63)43(72-31(2)57)41(30)52(53,55)5/h6-20,36-38,42-44,49,59,68H,21-29H2,1-5H3,(H,56,64)(H,60,61)/t36-,37-,38+,42-,43+,44+,49+,51-,52-,53+,54-,55?/m0/s1. The first-order valence-corrected chi connectivity index (χ1v) is 27.5. The number of Topliss-reactive ketones (excluding diaryl/α,β-unsaturated/α-hetero) is 1. The number of aliphatic hydroxyl groups is 2. The van der Waals surface area contributed by atoms with Gasteiger partial charge in [0.05, 0.1) is 41.9 Å². The molecule has 1 unspecified atom stereocenters. The summed E-state index contributed by atoms with van der Waals surface area (Å²) >= 11 is 0. The molecule has 416 valence electrons. The van der Waals surface area contributed by atoms with Crippen LogP contribution >= 0.6 is 21.6 Å². The van der Waals surface area contributed by atoms with E-state index in [1.165, 1.54) is 59.7 Å². The molecular weight excluding hydrogens is 1060 g/mol. The molecule has 5 aliphatic rings. The van der Waals surface area contributed by atoms with Crippen LogP contribution in [0.2, 0.25) is 0 Å². The maximum Gasteiger partial charge on any atom is 0.509 e. The Morgan fingerprint density at radius 2 is 1.40 bits per heavy atom. The number of rotatable bonds is 21. The summed E-state index contributed by atoms with van der Waals surface area (Å²) in [6.45, 7) is 6.00. The average molecular weight is 1120 g/mol. The quantitative estimate of drug-likeness (QED) is 0.0357. The fraction of sp³-hybridized carbons (Fsp3) is 0.473. The molecule has 0 radical (unpaired) electrons. The van der Waals surface area contributed by atoms with Crippen LogP contribution < -0.4 is 5.32 Å². The van der Waals surface area contributed by atoms with Gasteiger partial charge in [-0.05, 0) is 54.8 Å². The lowest BCUT2D eigenvalue weighted by Crippen LogP contribution is -3.00. The van der Waals surface area contributed by atoms with Crippen molar-refractivity contribution in [3.05, 3.63) is 119 Å². The van der Waals surface area contributed by atoms with E-state index in [1.807, 2.05) is 0 Å². The van der Waals surface area contributed by atoms with Crippen molar-refractivity contribution in [2.45, 2.75) is 114 Å². The number of benzene rings is 3. The third kappa shape index (κ3) is 9.81. The first-order valence-electron chi connectivity index (χ1n) is 25.1. The topological polar surface area (TPSA) is 300 Å². The molecule has 1 heterocycles. The van der Waals surface area contributed by atoms with Crippen LogP contribution in [0.5, 0.6) is 0 Å². The highest BCUT2D eigenvalue weighted by atomic mass is 33.1. The number of fused-ring (bicyclic) bond motifs is 1. The molecule has 4 fully saturated rings. The number of aliphatic carboxylic acids is 1. The molecule has 21 nitrogen and oxygen atoms in total. The minimum atomic E-state index is -2.42. The Hall–Kier alpha value is -6.79. The molecule has 1 amide bonds. The van der Waals surface area contributed by atoms with Crippen molar-refractivity contribution in [2.75, 3.05) is 31.3 Å². The Labute approximate surface area is 455 Å². The number of ether oxygens (including phenoxy) is 8. The van der Waals surface area contributed by atoms with Crippen molar-refractivity contribution in [3.63, 3.8) is 0 Å². The zero-order valence-electron chi connectivity index (χ0n) is 43.2. The Kier molecular flexibility index (Phi) is 16.8. The van der Waals surface area contributed by atoms with Gasteiger partial charge in [-0.3, -0.25) is 28.8 Å². The van der Waals surface area contributed by atoms with Crippen molar-refractivity contribution in [1.82, 2.24) is 5.32 Å². The van der Waals surface area contributed by atoms with Crippen LogP contribution in [-0.4, -0.2) is 148 Å². The molecule has 0 bridgehead atoms. The van der Waals surface area contributed by atoms with E-state index in [4.69, 9.17) is 43.0 Å². The molecule has 1 aliphatic heterocycles. The van der Waals surface area contributed by atoms with Gasteiger partial charge in [0.1, 0.15) is 43.2 Å². The van der Waals surface area contributed by atoms with Crippen molar-refractivity contribution >= 4 is 75.2 Å². The van der Waals surface area contributed by atoms with E-state index in [0.29, 0.717) is 5.75 Å². The minimum Gasteiger partial charge on any atom is -0.481 e. The fourth-order valence-electron chi connectivity index (χ4n) is 12.6. The summed E-state index contributed by atoms with van der Waals surface area (Å²) in [6, 6.07) is 22.2. The molecule has 3 aromatic rings. The summed E-state index contributed by atoms with van der Waals surface area (Å²) in [7, 11) is 2.51. The predicted molar refractivity (Wildman–Crippen MR) is 274 cm³/mol. The molecule has 12 atom stereocenters. The van der Waals surface area contributed by atoms with Gasteiger partial charge < -0.3 is 58.5 Å². The second-order valence-corrected chi connectivity index (χ2v) is 22.7. The van der Waals surface area contributed by atoms with Crippen molar-refractivity contribution in [1.29, 1.82) is 0 Å². The number of esters is 5. The van der Waals surface area contributed by atoms with Gasteiger partial charge in [0, 0.05) is 49.2 Å². The maximum atomic E-state index is 15.6. The number of amides is 1. The minimum absolute atomic E-state index is 0.000247. The van der Waals surface area contributed by atoms with Gasteiger partial charge in [-0.1, -0.05) is 95.2 Å². The van der Waals surface area contributed by atoms with Gasteiger partial charge in [0.2, 0.25) is 6.10 Å². The van der Waals surface area contributed by atoms with Crippen molar-refractivity contribution in [3.8, 4) is 0 Å². The Bertz CT molecular complexity index is 2870. The molecule has 0 aromatic heterocycles. The van der Waals surface area contributed by atoms with Crippen LogP contribution in [0.3, 0.4) is 0 Å². The molecule has 4 N–H and O–H groups in total. The van der Waals surface area contributed by atoms with E-state index in [1.54, 1.807) is 73.7 Å². The monoisotopic (exact) mass is 1120 g/mol. The lowest BCUT2D eigenvalue weighted by Gasteiger charge is -2.86. The highest BCUT2D eigenvalue weighted by Gasteiger charge is 2.99. The molecule has 4 aliphatic carbocycles. The Morgan fingerprint density at radius 3 is 1.97 bits per heavy atom. The lowest BCUT2D eigenvalue weighted by atomic mass is 9.20. The summed E-state index contributed by atoms with van der Waals surface area (Å²) in [4.78, 5) is 122. The number of carbonyl (C=O) groups excluding carboxylic acids is 8. The molecular formula is C55H59NO20S2. The van der Waals surface area contributed by atoms with Crippen LogP contribution in [0.15, 0.2) is 102 Å². The zero-order valence-corrected chi connectivity index (χ0v) is 44.8. The van der Waals surface area contributed by atoms with E-state index in [9.17, 15) is 43.8 Å². The van der Waals surface area contributed by atoms with Gasteiger partial charge in [0.25, 0.3) is 5.91 Å². The number of nitrogens with one attached hydrogen (secondary N) is 1. The molecule has 3 aromatic carbocycles. The largest absolute Gasteiger partial charge is 0.509 e. The third-order valence-electron chi connectivity index (χ3n) is 15.8. The molecule has 1 spiro atoms. The third-order valence-corrected chi connectivity index (χ3v) is 18.2. The van der Waals surface area contributed by atoms with E-state index < -0.39 is 130 Å². The maximum absolute atomic E-state index is 15.6. The molecule has 3 saturated carbocycles. The highest BCUT2D eigenvalue weighted by Crippen LogP contribution is 2.86. The number of carbonyl (C=O) groups is 9. The Morgan fingerprint density at radius 1 is 0.795 bits per heavy atom. The summed E-state index contributed by atoms with van der Waals surface area (Å²) in [5.41, 5.74) is -9.97. The summed E-state index contributed by atoms with van der Waals surface area (Å²) in [5.74, 6) is -6.90. The summed E-state index contributed by atoms with van der Waals surface area (Å²) < 4.78 is 47.1. The van der Waals surface area contributed by atoms with E-state index in [2.05, 4.69) is 5.32 Å². The molecule has 8 rings (SSSR count). The van der Waals surface area contributed by atoms with Gasteiger partial charge in [-0.25, -0.2) is 14.4 Å². The number of hydrogen-bond donors (Lipinski definition) is 4. The summed E-state index contributed by atoms with van der Waals surface area (Å²) in [5, 5.41) is 37.6. The molecule has 23 heteroatoms. The van der Waals surface area contributed by atoms with Crippen molar-refractivity contribution in [2.24, 2.45) is 16.2 Å². The first-order chi connectivity index (χ1) is 37.1.